The first-order chi connectivity index (χ1) is 11.6. The van der Waals surface area contributed by atoms with Crippen LogP contribution < -0.4 is 15.7 Å². The molecule has 1 aromatic carbocycles. The Morgan fingerprint density at radius 3 is 2.71 bits per heavy atom. The molecular weight excluding hydrogens is 350 g/mol. The van der Waals surface area contributed by atoms with E-state index in [-0.39, 0.29) is 11.5 Å². The van der Waals surface area contributed by atoms with E-state index in [1.165, 1.54) is 35.2 Å². The molecule has 2 aromatic heterocycles. The van der Waals surface area contributed by atoms with Gasteiger partial charge in [0.05, 0.1) is 6.07 Å². The summed E-state index contributed by atoms with van der Waals surface area (Å²) in [6.45, 7) is 0. The van der Waals surface area contributed by atoms with Crippen LogP contribution in [0.4, 0.5) is 5.13 Å². The number of nitrogens with one attached hydrogen (secondary N) is 1. The van der Waals surface area contributed by atoms with Gasteiger partial charge in [0, 0.05) is 6.07 Å². The van der Waals surface area contributed by atoms with Gasteiger partial charge in [0.1, 0.15) is 11.5 Å². The van der Waals surface area contributed by atoms with Crippen LogP contribution in [0, 0.1) is 0 Å². The number of thioether (sulfide) groups is 1. The zero-order chi connectivity index (χ0) is 16.9. The molecule has 1 N–H and O–H groups in total. The van der Waals surface area contributed by atoms with E-state index in [4.69, 9.17) is 9.15 Å². The molecule has 0 bridgehead atoms. The largest absolute Gasteiger partial charge is 0.457 e. The number of benzene rings is 1. The molecule has 9 heteroatoms. The molecule has 3 aromatic rings. The Bertz CT molecular complexity index is 908. The minimum atomic E-state index is -0.685. The zero-order valence-corrected chi connectivity index (χ0v) is 14.0. The van der Waals surface area contributed by atoms with Gasteiger partial charge in [-0.05, 0) is 18.4 Å². The zero-order valence-electron chi connectivity index (χ0n) is 12.4. The lowest BCUT2D eigenvalue weighted by Crippen LogP contribution is -2.14. The summed E-state index contributed by atoms with van der Waals surface area (Å²) in [6.07, 6.45) is 1.86. The molecule has 1 amide bonds. The third-order valence-corrected chi connectivity index (χ3v) is 4.56. The second-order valence-corrected chi connectivity index (χ2v) is 6.45. The molecule has 0 saturated carbocycles. The molecule has 122 valence electrons. The van der Waals surface area contributed by atoms with Crippen molar-refractivity contribution in [3.05, 3.63) is 58.6 Å². The van der Waals surface area contributed by atoms with Crippen molar-refractivity contribution in [1.82, 2.24) is 10.2 Å². The number of carbonyl (C=O) groups excluding carboxylic acids is 1. The van der Waals surface area contributed by atoms with Crippen LogP contribution >= 0.6 is 23.1 Å². The lowest BCUT2D eigenvalue weighted by atomic mass is 10.3. The fourth-order valence-corrected chi connectivity index (χ4v) is 2.92. The molecular formula is C15H11N3O4S2. The highest BCUT2D eigenvalue weighted by Gasteiger charge is 2.15. The van der Waals surface area contributed by atoms with Crippen molar-refractivity contribution >= 4 is 34.1 Å². The van der Waals surface area contributed by atoms with Crippen molar-refractivity contribution in [2.45, 2.75) is 4.34 Å². The van der Waals surface area contributed by atoms with Crippen molar-refractivity contribution in [3.63, 3.8) is 0 Å². The smallest absolute Gasteiger partial charge is 0.340 e. The number of hydrogen-bond acceptors (Lipinski definition) is 8. The summed E-state index contributed by atoms with van der Waals surface area (Å²) in [5, 5.41) is 10.6. The van der Waals surface area contributed by atoms with E-state index in [2.05, 4.69) is 15.5 Å². The maximum Gasteiger partial charge on any atom is 0.340 e. The Balaban J connectivity index is 1.80. The van der Waals surface area contributed by atoms with Crippen molar-refractivity contribution in [2.75, 3.05) is 11.6 Å². The van der Waals surface area contributed by atoms with E-state index < -0.39 is 11.5 Å². The molecule has 0 unspecified atom stereocenters. The summed E-state index contributed by atoms with van der Waals surface area (Å²) in [6, 6.07) is 11.4. The predicted molar refractivity (Wildman–Crippen MR) is 91.1 cm³/mol. The molecule has 7 nitrogen and oxygen atoms in total. The Hall–Kier alpha value is -2.65. The highest BCUT2D eigenvalue weighted by atomic mass is 32.2. The van der Waals surface area contributed by atoms with Crippen LogP contribution in [0.5, 0.6) is 11.5 Å². The fraction of sp³-hybridized carbons (Fsp3) is 0.0667. The van der Waals surface area contributed by atoms with Gasteiger partial charge in [-0.1, -0.05) is 41.3 Å². The van der Waals surface area contributed by atoms with Gasteiger partial charge in [-0.3, -0.25) is 10.1 Å². The number of hydrogen-bond donors (Lipinski definition) is 1. The van der Waals surface area contributed by atoms with Crippen molar-refractivity contribution in [1.29, 1.82) is 0 Å². The minimum Gasteiger partial charge on any atom is -0.457 e. The second-order valence-electron chi connectivity index (χ2n) is 4.42. The first kappa shape index (κ1) is 16.2. The first-order valence-corrected chi connectivity index (χ1v) is 8.75. The third-order valence-electron chi connectivity index (χ3n) is 2.75. The van der Waals surface area contributed by atoms with Gasteiger partial charge in [-0.2, -0.15) is 0 Å². The van der Waals surface area contributed by atoms with E-state index in [9.17, 15) is 9.59 Å². The van der Waals surface area contributed by atoms with E-state index in [1.54, 1.807) is 24.3 Å². The normalized spacial score (nSPS) is 10.4. The molecule has 0 aliphatic heterocycles. The molecule has 0 aliphatic rings. The van der Waals surface area contributed by atoms with Gasteiger partial charge in [-0.15, -0.1) is 10.2 Å². The lowest BCUT2D eigenvalue weighted by molar-refractivity contribution is 0.0991. The molecule has 3 rings (SSSR count). The van der Waals surface area contributed by atoms with E-state index in [1.807, 2.05) is 12.3 Å². The number of nitrogens with zero attached hydrogens (tertiary/aromatic N) is 2. The Morgan fingerprint density at radius 2 is 2.00 bits per heavy atom. The SMILES string of the molecule is CSc1nnc(NC(=O)c2cc(Oc3ccccc3)cc(=O)o2)s1. The average molecular weight is 361 g/mol. The topological polar surface area (TPSA) is 94.3 Å². The second kappa shape index (κ2) is 7.28. The van der Waals surface area contributed by atoms with Gasteiger partial charge < -0.3 is 9.15 Å². The van der Waals surface area contributed by atoms with Crippen LogP contribution in [-0.4, -0.2) is 22.4 Å². The molecule has 0 spiro atoms. The summed E-state index contributed by atoms with van der Waals surface area (Å²) in [7, 11) is 0. The fourth-order valence-electron chi connectivity index (χ4n) is 1.75. The average Bonchev–Trinajstić information content (AvgIpc) is 3.03. The van der Waals surface area contributed by atoms with Crippen molar-refractivity contribution < 1.29 is 13.9 Å². The lowest BCUT2D eigenvalue weighted by Gasteiger charge is -2.06. The van der Waals surface area contributed by atoms with Gasteiger partial charge >= 0.3 is 5.63 Å². The van der Waals surface area contributed by atoms with Gasteiger partial charge in [-0.25, -0.2) is 4.79 Å². The quantitative estimate of drug-likeness (QED) is 0.550. The standard InChI is InChI=1S/C15H11N3O4S2/c1-23-15-18-17-14(24-15)16-13(20)11-7-10(8-12(19)22-11)21-9-5-3-2-4-6-9/h2-8H,1H3,(H,16,17,20). The van der Waals surface area contributed by atoms with Crippen LogP contribution in [0.25, 0.3) is 0 Å². The highest BCUT2D eigenvalue weighted by Crippen LogP contribution is 2.24. The van der Waals surface area contributed by atoms with E-state index >= 15 is 0 Å². The Labute approximate surface area is 144 Å². The predicted octanol–water partition coefficient (Wildman–Crippen LogP) is 3.26. The van der Waals surface area contributed by atoms with Crippen LogP contribution in [0.1, 0.15) is 10.6 Å². The Kier molecular flexibility index (Phi) is 4.92. The monoisotopic (exact) mass is 361 g/mol. The number of amides is 1. The van der Waals surface area contributed by atoms with Crippen molar-refractivity contribution in [2.24, 2.45) is 0 Å². The van der Waals surface area contributed by atoms with Crippen LogP contribution in [0.3, 0.4) is 0 Å². The molecule has 2 heterocycles. The first-order valence-electron chi connectivity index (χ1n) is 6.71. The van der Waals surface area contributed by atoms with Crippen LogP contribution in [-0.2, 0) is 0 Å². The summed E-state index contributed by atoms with van der Waals surface area (Å²) in [4.78, 5) is 23.9. The number of aromatic nitrogens is 2. The highest BCUT2D eigenvalue weighted by molar-refractivity contribution is 8.00. The van der Waals surface area contributed by atoms with Crippen molar-refractivity contribution in [3.8, 4) is 11.5 Å². The van der Waals surface area contributed by atoms with Gasteiger partial charge in [0.15, 0.2) is 10.1 Å². The van der Waals surface area contributed by atoms with Crippen LogP contribution in [0.15, 0.2) is 56.0 Å². The number of anilines is 1. The number of carbonyl (C=O) groups is 1. The molecule has 0 saturated heterocycles. The molecule has 24 heavy (non-hydrogen) atoms. The number of ether oxygens (including phenoxy) is 1. The van der Waals surface area contributed by atoms with Gasteiger partial charge in [0.2, 0.25) is 5.13 Å². The van der Waals surface area contributed by atoms with E-state index in [0.717, 1.165) is 0 Å². The molecule has 0 atom stereocenters. The number of para-hydroxylation sites is 1. The van der Waals surface area contributed by atoms with Gasteiger partial charge in [0.25, 0.3) is 5.91 Å². The van der Waals surface area contributed by atoms with Crippen LogP contribution in [0.2, 0.25) is 0 Å². The van der Waals surface area contributed by atoms with E-state index in [0.29, 0.717) is 15.2 Å². The molecule has 0 aliphatic carbocycles. The summed E-state index contributed by atoms with van der Waals surface area (Å²) in [5.74, 6) is -0.0170. The maximum atomic E-state index is 12.2. The molecule has 0 fully saturated rings. The summed E-state index contributed by atoms with van der Waals surface area (Å²) < 4.78 is 11.2. The summed E-state index contributed by atoms with van der Waals surface area (Å²) in [5.41, 5.74) is -0.685. The molecule has 0 radical (unpaired) electrons. The Morgan fingerprint density at radius 1 is 1.21 bits per heavy atom. The summed E-state index contributed by atoms with van der Waals surface area (Å²) >= 11 is 2.64. The third kappa shape index (κ3) is 4.00. The number of rotatable bonds is 5. The maximum absolute atomic E-state index is 12.2. The minimum absolute atomic E-state index is 0.172.